The molecule has 1 N–H and O–H groups in total. The monoisotopic (exact) mass is 373 g/mol. The number of carbonyl (C=O) groups excluding carboxylic acids is 2. The van der Waals surface area contributed by atoms with Gasteiger partial charge in [0, 0.05) is 37.6 Å². The smallest absolute Gasteiger partial charge is 0.259 e. The first-order chi connectivity index (χ1) is 12.9. The molecule has 2 amide bonds. The standard InChI is InChI=1S/C21H31N3O3/c1-14(2)22-20(26)17-12-24(16-6-4-5-7-16)13-18(19(17)25)21(27)23-10-8-15(3)9-11-23/h12-16H,4-11H2,1-3H3,(H,22,26). The number of piperidine rings is 1. The largest absolute Gasteiger partial charge is 0.350 e. The molecule has 6 nitrogen and oxygen atoms in total. The molecule has 0 radical (unpaired) electrons. The molecule has 1 aromatic rings. The van der Waals surface area contributed by atoms with E-state index in [1.165, 1.54) is 0 Å². The van der Waals surface area contributed by atoms with Gasteiger partial charge in [0.05, 0.1) is 0 Å². The second-order valence-electron chi connectivity index (χ2n) is 8.40. The van der Waals surface area contributed by atoms with Crippen molar-refractivity contribution < 1.29 is 9.59 Å². The topological polar surface area (TPSA) is 71.4 Å². The van der Waals surface area contributed by atoms with Gasteiger partial charge in [-0.2, -0.15) is 0 Å². The lowest BCUT2D eigenvalue weighted by Gasteiger charge is -2.30. The number of pyridine rings is 1. The highest BCUT2D eigenvalue weighted by molar-refractivity contribution is 5.99. The Hall–Kier alpha value is -2.11. The van der Waals surface area contributed by atoms with Gasteiger partial charge < -0.3 is 14.8 Å². The van der Waals surface area contributed by atoms with E-state index in [1.54, 1.807) is 17.3 Å². The van der Waals surface area contributed by atoms with Crippen LogP contribution in [-0.2, 0) is 0 Å². The molecule has 2 fully saturated rings. The first-order valence-corrected chi connectivity index (χ1v) is 10.2. The fourth-order valence-corrected chi connectivity index (χ4v) is 4.05. The maximum absolute atomic E-state index is 13.1. The molecule has 6 heteroatoms. The number of hydrogen-bond donors (Lipinski definition) is 1. The first kappa shape index (κ1) is 19.6. The van der Waals surface area contributed by atoms with Crippen LogP contribution >= 0.6 is 0 Å². The van der Waals surface area contributed by atoms with Gasteiger partial charge in [-0.15, -0.1) is 0 Å². The third kappa shape index (κ3) is 4.42. The summed E-state index contributed by atoms with van der Waals surface area (Å²) in [7, 11) is 0. The molecule has 0 bridgehead atoms. The van der Waals surface area contributed by atoms with Gasteiger partial charge in [-0.05, 0) is 45.4 Å². The first-order valence-electron chi connectivity index (χ1n) is 10.2. The van der Waals surface area contributed by atoms with Crippen LogP contribution in [0.15, 0.2) is 17.2 Å². The Balaban J connectivity index is 1.98. The van der Waals surface area contributed by atoms with Crippen molar-refractivity contribution in [1.29, 1.82) is 0 Å². The third-order valence-corrected chi connectivity index (χ3v) is 5.76. The van der Waals surface area contributed by atoms with Gasteiger partial charge in [0.15, 0.2) is 0 Å². The lowest BCUT2D eigenvalue weighted by atomic mass is 9.98. The van der Waals surface area contributed by atoms with Crippen LogP contribution in [0.25, 0.3) is 0 Å². The molecule has 0 spiro atoms. The Morgan fingerprint density at radius 1 is 1.04 bits per heavy atom. The Kier molecular flexibility index (Phi) is 6.02. The Morgan fingerprint density at radius 3 is 2.22 bits per heavy atom. The van der Waals surface area contributed by atoms with Gasteiger partial charge in [0.2, 0.25) is 5.43 Å². The van der Waals surface area contributed by atoms with E-state index in [2.05, 4.69) is 12.2 Å². The summed E-state index contributed by atoms with van der Waals surface area (Å²) in [5.41, 5.74) is -0.245. The highest BCUT2D eigenvalue weighted by Crippen LogP contribution is 2.29. The van der Waals surface area contributed by atoms with Crippen molar-refractivity contribution in [3.63, 3.8) is 0 Å². The second-order valence-corrected chi connectivity index (χ2v) is 8.40. The summed E-state index contributed by atoms with van der Waals surface area (Å²) in [6, 6.07) is 0.184. The molecular formula is C21H31N3O3. The minimum atomic E-state index is -0.453. The number of likely N-dealkylation sites (tertiary alicyclic amines) is 1. The number of nitrogens with zero attached hydrogens (tertiary/aromatic N) is 2. The van der Waals surface area contributed by atoms with E-state index in [-0.39, 0.29) is 29.1 Å². The highest BCUT2D eigenvalue weighted by atomic mass is 16.2. The number of amides is 2. The van der Waals surface area contributed by atoms with Crippen molar-refractivity contribution in [2.45, 2.75) is 71.4 Å². The number of hydrogen-bond acceptors (Lipinski definition) is 3. The molecule has 148 valence electrons. The Labute approximate surface area is 160 Å². The Morgan fingerprint density at radius 2 is 1.63 bits per heavy atom. The quantitative estimate of drug-likeness (QED) is 0.882. The van der Waals surface area contributed by atoms with E-state index in [4.69, 9.17) is 0 Å². The van der Waals surface area contributed by atoms with Gasteiger partial charge >= 0.3 is 0 Å². The molecule has 2 heterocycles. The predicted octanol–water partition coefficient (Wildman–Crippen LogP) is 2.97. The van der Waals surface area contributed by atoms with Crippen LogP contribution < -0.4 is 10.7 Å². The summed E-state index contributed by atoms with van der Waals surface area (Å²) in [5, 5.41) is 2.79. The third-order valence-electron chi connectivity index (χ3n) is 5.76. The van der Waals surface area contributed by atoms with Crippen LogP contribution in [0, 0.1) is 5.92 Å². The zero-order valence-electron chi connectivity index (χ0n) is 16.7. The summed E-state index contributed by atoms with van der Waals surface area (Å²) < 4.78 is 1.93. The van der Waals surface area contributed by atoms with E-state index < -0.39 is 11.3 Å². The average Bonchev–Trinajstić information content (AvgIpc) is 3.16. The lowest BCUT2D eigenvalue weighted by molar-refractivity contribution is 0.0694. The van der Waals surface area contributed by atoms with Crippen molar-refractivity contribution in [2.24, 2.45) is 5.92 Å². The summed E-state index contributed by atoms with van der Waals surface area (Å²) in [6.07, 6.45) is 9.54. The van der Waals surface area contributed by atoms with Crippen molar-refractivity contribution in [1.82, 2.24) is 14.8 Å². The average molecular weight is 373 g/mol. The van der Waals surface area contributed by atoms with Crippen LogP contribution in [-0.4, -0.2) is 40.4 Å². The van der Waals surface area contributed by atoms with Crippen LogP contribution in [0.4, 0.5) is 0 Å². The van der Waals surface area contributed by atoms with Gasteiger partial charge in [0.1, 0.15) is 11.1 Å². The van der Waals surface area contributed by atoms with E-state index in [9.17, 15) is 14.4 Å². The summed E-state index contributed by atoms with van der Waals surface area (Å²) in [6.45, 7) is 7.25. The van der Waals surface area contributed by atoms with Gasteiger partial charge in [-0.1, -0.05) is 19.8 Å². The van der Waals surface area contributed by atoms with Crippen molar-refractivity contribution in [3.8, 4) is 0 Å². The molecule has 3 rings (SSSR count). The molecule has 1 saturated carbocycles. The van der Waals surface area contributed by atoms with Gasteiger partial charge in [-0.3, -0.25) is 14.4 Å². The van der Waals surface area contributed by atoms with E-state index >= 15 is 0 Å². The van der Waals surface area contributed by atoms with E-state index in [0.717, 1.165) is 38.5 Å². The molecule has 2 aliphatic rings. The van der Waals surface area contributed by atoms with Crippen LogP contribution in [0.5, 0.6) is 0 Å². The zero-order chi connectivity index (χ0) is 19.6. The van der Waals surface area contributed by atoms with Crippen molar-refractivity contribution >= 4 is 11.8 Å². The number of rotatable bonds is 4. The number of nitrogens with one attached hydrogen (secondary N) is 1. The molecule has 27 heavy (non-hydrogen) atoms. The van der Waals surface area contributed by atoms with Gasteiger partial charge in [-0.25, -0.2) is 0 Å². The van der Waals surface area contributed by atoms with Crippen LogP contribution in [0.1, 0.15) is 86.1 Å². The maximum Gasteiger partial charge on any atom is 0.259 e. The van der Waals surface area contributed by atoms with E-state index in [1.807, 2.05) is 18.4 Å². The highest BCUT2D eigenvalue weighted by Gasteiger charge is 2.27. The molecule has 1 saturated heterocycles. The molecule has 1 aliphatic carbocycles. The van der Waals surface area contributed by atoms with Gasteiger partial charge in [0.25, 0.3) is 11.8 Å². The number of aromatic nitrogens is 1. The normalized spacial score (nSPS) is 18.9. The Bertz CT molecular complexity index is 754. The fraction of sp³-hybridized carbons (Fsp3) is 0.667. The summed E-state index contributed by atoms with van der Waals surface area (Å²) in [5.74, 6) is -0.0335. The molecule has 0 unspecified atom stereocenters. The molecule has 1 aromatic heterocycles. The predicted molar refractivity (Wildman–Crippen MR) is 105 cm³/mol. The lowest BCUT2D eigenvalue weighted by Crippen LogP contribution is -2.42. The van der Waals surface area contributed by atoms with Crippen molar-refractivity contribution in [2.75, 3.05) is 13.1 Å². The summed E-state index contributed by atoms with van der Waals surface area (Å²) in [4.78, 5) is 40.4. The SMILES string of the molecule is CC1CCN(C(=O)c2cn(C3CCCC3)cc(C(=O)NC(C)C)c2=O)CC1. The van der Waals surface area contributed by atoms with E-state index in [0.29, 0.717) is 19.0 Å². The van der Waals surface area contributed by atoms with Crippen LogP contribution in [0.2, 0.25) is 0 Å². The maximum atomic E-state index is 13.1. The summed E-state index contributed by atoms with van der Waals surface area (Å²) >= 11 is 0. The molecular weight excluding hydrogens is 342 g/mol. The van der Waals surface area contributed by atoms with Crippen molar-refractivity contribution in [3.05, 3.63) is 33.7 Å². The zero-order valence-corrected chi connectivity index (χ0v) is 16.7. The minimum Gasteiger partial charge on any atom is -0.350 e. The minimum absolute atomic E-state index is 0.0697. The number of carbonyl (C=O) groups is 2. The fourth-order valence-electron chi connectivity index (χ4n) is 4.05. The molecule has 0 aromatic carbocycles. The second kappa shape index (κ2) is 8.28. The molecule has 0 atom stereocenters. The van der Waals surface area contributed by atoms with Crippen LogP contribution in [0.3, 0.4) is 0 Å². The molecule has 1 aliphatic heterocycles.